The van der Waals surface area contributed by atoms with Crippen LogP contribution in [-0.2, 0) is 4.79 Å². The molecule has 0 spiro atoms. The van der Waals surface area contributed by atoms with E-state index < -0.39 is 0 Å². The van der Waals surface area contributed by atoms with Gasteiger partial charge in [-0.1, -0.05) is 31.5 Å². The Hall–Kier alpha value is -1.55. The second kappa shape index (κ2) is 6.48. The molecule has 4 nitrogen and oxygen atoms in total. The highest BCUT2D eigenvalue weighted by molar-refractivity contribution is 5.81. The number of anilines is 1. The van der Waals surface area contributed by atoms with Gasteiger partial charge in [-0.2, -0.15) is 0 Å². The van der Waals surface area contributed by atoms with Crippen molar-refractivity contribution in [2.75, 3.05) is 18.5 Å². The molecule has 2 unspecified atom stereocenters. The van der Waals surface area contributed by atoms with Crippen molar-refractivity contribution in [3.8, 4) is 0 Å². The molecule has 1 aromatic carbocycles. The van der Waals surface area contributed by atoms with Gasteiger partial charge < -0.3 is 15.7 Å². The third kappa shape index (κ3) is 3.56. The van der Waals surface area contributed by atoms with Crippen molar-refractivity contribution >= 4 is 11.6 Å². The van der Waals surface area contributed by atoms with Crippen molar-refractivity contribution in [3.05, 3.63) is 29.3 Å². The smallest absolute Gasteiger partial charge is 0.239 e. The van der Waals surface area contributed by atoms with Crippen LogP contribution in [0.2, 0.25) is 0 Å². The molecule has 0 radical (unpaired) electrons. The molecule has 1 aliphatic carbocycles. The fourth-order valence-electron chi connectivity index (χ4n) is 3.18. The Morgan fingerprint density at radius 1 is 1.38 bits per heavy atom. The summed E-state index contributed by atoms with van der Waals surface area (Å²) in [6.07, 6.45) is 2.98. The molecule has 1 amide bonds. The number of nitrogens with one attached hydrogen (secondary N) is 2. The van der Waals surface area contributed by atoms with Gasteiger partial charge in [-0.25, -0.2) is 0 Å². The summed E-state index contributed by atoms with van der Waals surface area (Å²) < 4.78 is 0. The van der Waals surface area contributed by atoms with Crippen molar-refractivity contribution in [3.63, 3.8) is 0 Å². The summed E-state index contributed by atoms with van der Waals surface area (Å²) in [5.74, 6) is -0.00997. The monoisotopic (exact) mass is 290 g/mol. The van der Waals surface area contributed by atoms with Gasteiger partial charge in [-0.3, -0.25) is 4.79 Å². The molecule has 1 aromatic rings. The zero-order chi connectivity index (χ0) is 15.5. The van der Waals surface area contributed by atoms with Gasteiger partial charge >= 0.3 is 0 Å². The molecule has 0 saturated heterocycles. The summed E-state index contributed by atoms with van der Waals surface area (Å²) in [5.41, 5.74) is 3.14. The van der Waals surface area contributed by atoms with Crippen LogP contribution in [-0.4, -0.2) is 30.2 Å². The largest absolute Gasteiger partial charge is 0.396 e. The number of aliphatic hydroxyl groups excluding tert-OH is 1. The van der Waals surface area contributed by atoms with Crippen LogP contribution in [0.25, 0.3) is 0 Å². The number of carbonyl (C=O) groups is 1. The van der Waals surface area contributed by atoms with E-state index in [9.17, 15) is 9.90 Å². The second-order valence-electron chi connectivity index (χ2n) is 6.44. The molecule has 0 aliphatic heterocycles. The number of aliphatic hydroxyl groups is 1. The highest BCUT2D eigenvalue weighted by Crippen LogP contribution is 2.37. The minimum Gasteiger partial charge on any atom is -0.396 e. The normalized spacial score (nSPS) is 24.9. The van der Waals surface area contributed by atoms with Gasteiger partial charge in [0.15, 0.2) is 0 Å². The van der Waals surface area contributed by atoms with Crippen LogP contribution in [0.15, 0.2) is 18.2 Å². The Bertz CT molecular complexity index is 495. The minimum absolute atomic E-state index is 0.00997. The number of carbonyl (C=O) groups excluding carboxylic acids is 1. The van der Waals surface area contributed by atoms with Gasteiger partial charge in [0.2, 0.25) is 5.91 Å². The summed E-state index contributed by atoms with van der Waals surface area (Å²) in [6.45, 7) is 6.51. The quantitative estimate of drug-likeness (QED) is 0.780. The average molecular weight is 290 g/mol. The summed E-state index contributed by atoms with van der Waals surface area (Å²) >= 11 is 0. The van der Waals surface area contributed by atoms with Gasteiger partial charge in [-0.05, 0) is 37.8 Å². The topological polar surface area (TPSA) is 61.4 Å². The van der Waals surface area contributed by atoms with Crippen molar-refractivity contribution < 1.29 is 9.90 Å². The van der Waals surface area contributed by atoms with Gasteiger partial charge in [0.05, 0.1) is 13.2 Å². The molecule has 3 N–H and O–H groups in total. The Labute approximate surface area is 126 Å². The number of rotatable bonds is 5. The van der Waals surface area contributed by atoms with Crippen molar-refractivity contribution in [2.24, 2.45) is 5.41 Å². The molecule has 2 atom stereocenters. The first-order chi connectivity index (χ1) is 9.96. The molecule has 4 heteroatoms. The van der Waals surface area contributed by atoms with E-state index in [2.05, 4.69) is 10.6 Å². The number of hydrogen-bond acceptors (Lipinski definition) is 3. The van der Waals surface area contributed by atoms with Crippen LogP contribution < -0.4 is 10.6 Å². The second-order valence-corrected chi connectivity index (χ2v) is 6.44. The van der Waals surface area contributed by atoms with Gasteiger partial charge in [-0.15, -0.1) is 0 Å². The predicted octanol–water partition coefficient (Wildman–Crippen LogP) is 2.38. The molecular weight excluding hydrogens is 264 g/mol. The van der Waals surface area contributed by atoms with Crippen LogP contribution >= 0.6 is 0 Å². The van der Waals surface area contributed by atoms with E-state index in [1.165, 1.54) is 0 Å². The summed E-state index contributed by atoms with van der Waals surface area (Å²) in [4.78, 5) is 12.1. The Balaban J connectivity index is 1.91. The number of para-hydroxylation sites is 1. The summed E-state index contributed by atoms with van der Waals surface area (Å²) in [6, 6.07) is 6.16. The molecule has 116 valence electrons. The molecule has 2 rings (SSSR count). The molecule has 1 fully saturated rings. The maximum absolute atomic E-state index is 12.1. The number of hydrogen-bond donors (Lipinski definition) is 3. The van der Waals surface area contributed by atoms with Crippen molar-refractivity contribution in [1.29, 1.82) is 0 Å². The van der Waals surface area contributed by atoms with Crippen LogP contribution in [0.1, 0.15) is 37.3 Å². The third-order valence-electron chi connectivity index (χ3n) is 4.69. The van der Waals surface area contributed by atoms with E-state index in [-0.39, 0.29) is 30.5 Å². The lowest BCUT2D eigenvalue weighted by molar-refractivity contribution is -0.120. The van der Waals surface area contributed by atoms with Crippen LogP contribution in [0.3, 0.4) is 0 Å². The zero-order valence-corrected chi connectivity index (χ0v) is 13.2. The number of amides is 1. The predicted molar refractivity (Wildman–Crippen MR) is 85.4 cm³/mol. The van der Waals surface area contributed by atoms with E-state index >= 15 is 0 Å². The highest BCUT2D eigenvalue weighted by Gasteiger charge is 2.38. The van der Waals surface area contributed by atoms with Crippen LogP contribution in [0.4, 0.5) is 5.69 Å². The van der Waals surface area contributed by atoms with E-state index in [0.717, 1.165) is 36.1 Å². The highest BCUT2D eigenvalue weighted by atomic mass is 16.3. The number of benzene rings is 1. The first-order valence-electron chi connectivity index (χ1n) is 7.66. The van der Waals surface area contributed by atoms with Crippen LogP contribution in [0.5, 0.6) is 0 Å². The zero-order valence-electron chi connectivity index (χ0n) is 13.2. The minimum atomic E-state index is -0.172. The van der Waals surface area contributed by atoms with Gasteiger partial charge in [0, 0.05) is 17.1 Å². The maximum Gasteiger partial charge on any atom is 0.239 e. The Kier molecular flexibility index (Phi) is 4.88. The van der Waals surface area contributed by atoms with Gasteiger partial charge in [0.1, 0.15) is 0 Å². The first-order valence-corrected chi connectivity index (χ1v) is 7.66. The summed E-state index contributed by atoms with van der Waals surface area (Å²) in [7, 11) is 0. The van der Waals surface area contributed by atoms with Gasteiger partial charge in [0.25, 0.3) is 0 Å². The molecule has 0 aromatic heterocycles. The third-order valence-corrected chi connectivity index (χ3v) is 4.69. The fourth-order valence-corrected chi connectivity index (χ4v) is 3.18. The molecule has 0 bridgehead atoms. The molecule has 0 heterocycles. The number of aryl methyl sites for hydroxylation is 2. The Morgan fingerprint density at radius 2 is 2.05 bits per heavy atom. The lowest BCUT2D eigenvalue weighted by Gasteiger charge is -2.30. The van der Waals surface area contributed by atoms with Crippen LogP contribution in [0, 0.1) is 19.3 Å². The van der Waals surface area contributed by atoms with E-state index in [0.29, 0.717) is 0 Å². The van der Waals surface area contributed by atoms with E-state index in [4.69, 9.17) is 0 Å². The van der Waals surface area contributed by atoms with E-state index in [1.807, 2.05) is 39.0 Å². The lowest BCUT2D eigenvalue weighted by Crippen LogP contribution is -2.46. The summed E-state index contributed by atoms with van der Waals surface area (Å²) in [5, 5.41) is 15.8. The van der Waals surface area contributed by atoms with Crippen molar-refractivity contribution in [2.45, 2.75) is 46.1 Å². The first kappa shape index (κ1) is 15.8. The molecular formula is C17H26N2O2. The maximum atomic E-state index is 12.1. The fraction of sp³-hybridized carbons (Fsp3) is 0.588. The SMILES string of the molecule is Cc1cccc(C)c1NCC(=O)NC1CCCC1(C)CO. The molecule has 1 aliphatic rings. The van der Waals surface area contributed by atoms with Crippen molar-refractivity contribution in [1.82, 2.24) is 5.32 Å². The lowest BCUT2D eigenvalue weighted by atomic mass is 9.86. The molecule has 21 heavy (non-hydrogen) atoms. The Morgan fingerprint density at radius 3 is 2.67 bits per heavy atom. The molecule has 1 saturated carbocycles. The average Bonchev–Trinajstić information content (AvgIpc) is 2.80. The standard InChI is InChI=1S/C17H26N2O2/c1-12-6-4-7-13(2)16(12)18-10-15(21)19-14-8-5-9-17(14,3)11-20/h4,6-7,14,18,20H,5,8-11H2,1-3H3,(H,19,21). The van der Waals surface area contributed by atoms with E-state index in [1.54, 1.807) is 0 Å².